The van der Waals surface area contributed by atoms with Crippen molar-refractivity contribution in [1.82, 2.24) is 15.5 Å². The second-order valence-electron chi connectivity index (χ2n) is 5.96. The van der Waals surface area contributed by atoms with Crippen molar-refractivity contribution in [2.24, 2.45) is 0 Å². The van der Waals surface area contributed by atoms with E-state index in [2.05, 4.69) is 29.7 Å². The fourth-order valence-corrected chi connectivity index (χ4v) is 2.85. The molecule has 1 saturated heterocycles. The maximum absolute atomic E-state index is 12.3. The second kappa shape index (κ2) is 9.18. The first-order valence-electron chi connectivity index (χ1n) is 8.58. The van der Waals surface area contributed by atoms with E-state index in [9.17, 15) is 9.59 Å². The maximum Gasteiger partial charge on any atom is 0.318 e. The Balaban J connectivity index is 1.86. The number of hydrogen-bond donors (Lipinski definition) is 2. The van der Waals surface area contributed by atoms with E-state index in [1.165, 1.54) is 5.56 Å². The first kappa shape index (κ1) is 17.3. The molecule has 1 atom stereocenters. The number of benzene rings is 1. The summed E-state index contributed by atoms with van der Waals surface area (Å²) in [4.78, 5) is 26.1. The third-order valence-electron chi connectivity index (χ3n) is 4.17. The molecule has 23 heavy (non-hydrogen) atoms. The highest BCUT2D eigenvalue weighted by atomic mass is 16.2. The van der Waals surface area contributed by atoms with E-state index in [0.29, 0.717) is 26.1 Å². The van der Waals surface area contributed by atoms with Gasteiger partial charge in [-0.05, 0) is 31.2 Å². The van der Waals surface area contributed by atoms with Crippen LogP contribution < -0.4 is 10.6 Å². The van der Waals surface area contributed by atoms with Gasteiger partial charge in [0.1, 0.15) is 6.04 Å². The van der Waals surface area contributed by atoms with E-state index >= 15 is 0 Å². The molecule has 0 bridgehead atoms. The highest BCUT2D eigenvalue weighted by molar-refractivity contribution is 5.88. The Kier molecular flexibility index (Phi) is 6.91. The summed E-state index contributed by atoms with van der Waals surface area (Å²) >= 11 is 0. The second-order valence-corrected chi connectivity index (χ2v) is 5.96. The standard InChI is InChI=1S/C18H27N3O2/c1-2-3-12-19-17(22)16-11-13-20-18(23)21(16)14-7-10-15-8-5-4-6-9-15/h4-6,8-9,16H,2-3,7,10-14H2,1H3,(H,19,22)(H,20,23). The Hall–Kier alpha value is -2.04. The van der Waals surface area contributed by atoms with Crippen LogP contribution in [0.5, 0.6) is 0 Å². The fourth-order valence-electron chi connectivity index (χ4n) is 2.85. The van der Waals surface area contributed by atoms with E-state index in [4.69, 9.17) is 0 Å². The van der Waals surface area contributed by atoms with Crippen LogP contribution >= 0.6 is 0 Å². The molecular formula is C18H27N3O2. The zero-order valence-corrected chi connectivity index (χ0v) is 13.9. The van der Waals surface area contributed by atoms with Crippen molar-refractivity contribution in [3.8, 4) is 0 Å². The average molecular weight is 317 g/mol. The first-order valence-corrected chi connectivity index (χ1v) is 8.58. The minimum atomic E-state index is -0.337. The summed E-state index contributed by atoms with van der Waals surface area (Å²) in [6.45, 7) is 3.95. The van der Waals surface area contributed by atoms with Crippen molar-refractivity contribution < 1.29 is 9.59 Å². The Labute approximate surface area is 138 Å². The molecule has 0 radical (unpaired) electrons. The van der Waals surface area contributed by atoms with Crippen LogP contribution in [-0.4, -0.2) is 42.5 Å². The lowest BCUT2D eigenvalue weighted by molar-refractivity contribution is -0.126. The molecule has 1 aromatic rings. The fraction of sp³-hybridized carbons (Fsp3) is 0.556. The van der Waals surface area contributed by atoms with Gasteiger partial charge >= 0.3 is 6.03 Å². The lowest BCUT2D eigenvalue weighted by atomic mass is 10.1. The van der Waals surface area contributed by atoms with E-state index in [0.717, 1.165) is 25.7 Å². The molecule has 2 N–H and O–H groups in total. The molecule has 1 unspecified atom stereocenters. The molecule has 0 saturated carbocycles. The van der Waals surface area contributed by atoms with Crippen LogP contribution in [0.2, 0.25) is 0 Å². The van der Waals surface area contributed by atoms with Gasteiger partial charge in [0.05, 0.1) is 0 Å². The molecule has 126 valence electrons. The summed E-state index contributed by atoms with van der Waals surface area (Å²) in [7, 11) is 0. The van der Waals surface area contributed by atoms with Crippen molar-refractivity contribution in [2.75, 3.05) is 19.6 Å². The summed E-state index contributed by atoms with van der Waals surface area (Å²) < 4.78 is 0. The largest absolute Gasteiger partial charge is 0.354 e. The number of nitrogens with one attached hydrogen (secondary N) is 2. The molecule has 1 aliphatic rings. The molecule has 5 nitrogen and oxygen atoms in total. The van der Waals surface area contributed by atoms with Gasteiger partial charge in [-0.25, -0.2) is 4.79 Å². The predicted octanol–water partition coefficient (Wildman–Crippen LogP) is 2.32. The topological polar surface area (TPSA) is 61.4 Å². The molecule has 3 amide bonds. The maximum atomic E-state index is 12.3. The van der Waals surface area contributed by atoms with Gasteiger partial charge in [0.2, 0.25) is 5.91 Å². The first-order chi connectivity index (χ1) is 11.2. The number of nitrogens with zero attached hydrogens (tertiary/aromatic N) is 1. The van der Waals surface area contributed by atoms with E-state index in [-0.39, 0.29) is 18.0 Å². The lowest BCUT2D eigenvalue weighted by Crippen LogP contribution is -2.58. The number of rotatable bonds is 8. The summed E-state index contributed by atoms with van der Waals surface area (Å²) in [5.41, 5.74) is 1.26. The van der Waals surface area contributed by atoms with E-state index in [1.54, 1.807) is 4.90 Å². The van der Waals surface area contributed by atoms with Crippen molar-refractivity contribution in [2.45, 2.75) is 45.1 Å². The summed E-state index contributed by atoms with van der Waals surface area (Å²) in [6, 6.07) is 9.76. The van der Waals surface area contributed by atoms with Crippen LogP contribution in [0.4, 0.5) is 4.79 Å². The minimum absolute atomic E-state index is 0.0204. The number of amides is 3. The average Bonchev–Trinajstić information content (AvgIpc) is 2.57. The van der Waals surface area contributed by atoms with Crippen molar-refractivity contribution in [1.29, 1.82) is 0 Å². The Morgan fingerprint density at radius 2 is 2.09 bits per heavy atom. The molecule has 0 aliphatic carbocycles. The van der Waals surface area contributed by atoms with E-state index < -0.39 is 0 Å². The zero-order chi connectivity index (χ0) is 16.5. The third kappa shape index (κ3) is 5.27. The molecular weight excluding hydrogens is 290 g/mol. The highest BCUT2D eigenvalue weighted by Crippen LogP contribution is 2.12. The van der Waals surface area contributed by atoms with Gasteiger partial charge in [0, 0.05) is 19.6 Å². The van der Waals surface area contributed by atoms with Crippen molar-refractivity contribution >= 4 is 11.9 Å². The predicted molar refractivity (Wildman–Crippen MR) is 91.2 cm³/mol. The quantitative estimate of drug-likeness (QED) is 0.723. The Morgan fingerprint density at radius 1 is 1.30 bits per heavy atom. The van der Waals surface area contributed by atoms with Gasteiger partial charge in [0.15, 0.2) is 0 Å². The lowest BCUT2D eigenvalue weighted by Gasteiger charge is -2.35. The third-order valence-corrected chi connectivity index (χ3v) is 4.17. The molecule has 2 rings (SSSR count). The van der Waals surface area contributed by atoms with Crippen LogP contribution in [-0.2, 0) is 11.2 Å². The summed E-state index contributed by atoms with van der Waals surface area (Å²) in [5.74, 6) is -0.0204. The number of carbonyl (C=O) groups is 2. The van der Waals surface area contributed by atoms with Gasteiger partial charge in [0.25, 0.3) is 0 Å². The van der Waals surface area contributed by atoms with E-state index in [1.807, 2.05) is 18.2 Å². The van der Waals surface area contributed by atoms with Gasteiger partial charge < -0.3 is 15.5 Å². The highest BCUT2D eigenvalue weighted by Gasteiger charge is 2.32. The van der Waals surface area contributed by atoms with Gasteiger partial charge in [-0.2, -0.15) is 0 Å². The number of carbonyl (C=O) groups excluding carboxylic acids is 2. The van der Waals surface area contributed by atoms with Crippen LogP contribution in [0.1, 0.15) is 38.2 Å². The monoisotopic (exact) mass is 317 g/mol. The molecule has 0 aromatic heterocycles. The van der Waals surface area contributed by atoms with Gasteiger partial charge in [-0.3, -0.25) is 4.79 Å². The number of urea groups is 1. The number of hydrogen-bond acceptors (Lipinski definition) is 2. The van der Waals surface area contributed by atoms with Crippen molar-refractivity contribution in [3.63, 3.8) is 0 Å². The van der Waals surface area contributed by atoms with Gasteiger partial charge in [-0.15, -0.1) is 0 Å². The smallest absolute Gasteiger partial charge is 0.318 e. The SMILES string of the molecule is CCCCNC(=O)C1CCNC(=O)N1CCCc1ccccc1. The molecule has 1 aromatic carbocycles. The normalized spacial score (nSPS) is 17.7. The zero-order valence-electron chi connectivity index (χ0n) is 13.9. The van der Waals surface area contributed by atoms with Gasteiger partial charge in [-0.1, -0.05) is 43.7 Å². The Morgan fingerprint density at radius 3 is 2.83 bits per heavy atom. The van der Waals surface area contributed by atoms with Crippen molar-refractivity contribution in [3.05, 3.63) is 35.9 Å². The molecule has 1 heterocycles. The van der Waals surface area contributed by atoms with Crippen LogP contribution in [0.3, 0.4) is 0 Å². The molecule has 1 aliphatic heterocycles. The Bertz CT molecular complexity index is 504. The summed E-state index contributed by atoms with van der Waals surface area (Å²) in [5, 5.41) is 5.79. The number of aryl methyl sites for hydroxylation is 1. The molecule has 5 heteroatoms. The minimum Gasteiger partial charge on any atom is -0.354 e. The van der Waals surface area contributed by atoms with Crippen LogP contribution in [0.15, 0.2) is 30.3 Å². The molecule has 1 fully saturated rings. The van der Waals surface area contributed by atoms with Crippen LogP contribution in [0.25, 0.3) is 0 Å². The number of unbranched alkanes of at least 4 members (excludes halogenated alkanes) is 1. The summed E-state index contributed by atoms with van der Waals surface area (Å²) in [6.07, 6.45) is 4.46. The molecule has 0 spiro atoms. The van der Waals surface area contributed by atoms with Crippen LogP contribution in [0, 0.1) is 0 Å².